The number of pyridine rings is 1. The molecule has 3 heterocycles. The van der Waals surface area contributed by atoms with Crippen molar-refractivity contribution in [3.05, 3.63) is 43.0 Å². The third-order valence-electron chi connectivity index (χ3n) is 3.87. The van der Waals surface area contributed by atoms with Gasteiger partial charge in [-0.2, -0.15) is 9.67 Å². The van der Waals surface area contributed by atoms with Crippen LogP contribution in [0.5, 0.6) is 11.5 Å². The minimum Gasteiger partial charge on any atom is -0.493 e. The lowest BCUT2D eigenvalue weighted by molar-refractivity contribution is 0.355. The molecule has 0 aliphatic rings. The fourth-order valence-electron chi connectivity index (χ4n) is 2.64. The van der Waals surface area contributed by atoms with E-state index in [1.807, 2.05) is 12.1 Å². The van der Waals surface area contributed by atoms with E-state index in [9.17, 15) is 0 Å². The van der Waals surface area contributed by atoms with E-state index in [1.54, 1.807) is 38.7 Å². The van der Waals surface area contributed by atoms with Crippen LogP contribution in [0.2, 0.25) is 0 Å². The van der Waals surface area contributed by atoms with Crippen molar-refractivity contribution in [3.63, 3.8) is 0 Å². The summed E-state index contributed by atoms with van der Waals surface area (Å²) in [5.41, 5.74) is 7.51. The first kappa shape index (κ1) is 15.8. The second-order valence-corrected chi connectivity index (χ2v) is 5.37. The Morgan fingerprint density at radius 3 is 2.62 bits per heavy atom. The topological polar surface area (TPSA) is 114 Å². The largest absolute Gasteiger partial charge is 0.493 e. The maximum Gasteiger partial charge on any atom is 0.225 e. The first-order valence-electron chi connectivity index (χ1n) is 7.71. The average Bonchev–Trinajstić information content (AvgIpc) is 3.08. The Labute approximate surface area is 148 Å². The molecule has 0 amide bonds. The first-order chi connectivity index (χ1) is 12.7. The van der Waals surface area contributed by atoms with Gasteiger partial charge in [0.05, 0.1) is 19.7 Å². The van der Waals surface area contributed by atoms with E-state index in [2.05, 4.69) is 25.0 Å². The molecule has 1 aromatic carbocycles. The highest BCUT2D eigenvalue weighted by Crippen LogP contribution is 2.33. The van der Waals surface area contributed by atoms with Gasteiger partial charge in [-0.15, -0.1) is 5.10 Å². The first-order valence-corrected chi connectivity index (χ1v) is 7.71. The molecule has 0 saturated heterocycles. The number of nitrogens with zero attached hydrogens (tertiary/aromatic N) is 6. The monoisotopic (exact) mass is 349 g/mol. The number of hydrogen-bond donors (Lipinski definition) is 1. The standard InChI is InChI=1S/C17H15N7O2/c1-25-13-6-11-12(7-14(13)26-2)20-9-21-16(11)24-17(18)22-15(23-24)10-4-3-5-19-8-10/h3-9H,1-2H3,(H2,18,22,23). The lowest BCUT2D eigenvalue weighted by Crippen LogP contribution is -2.06. The van der Waals surface area contributed by atoms with Crippen molar-refractivity contribution in [3.8, 4) is 28.7 Å². The summed E-state index contributed by atoms with van der Waals surface area (Å²) in [5.74, 6) is 2.30. The molecule has 0 unspecified atom stereocenters. The average molecular weight is 349 g/mol. The van der Waals surface area contributed by atoms with Crippen molar-refractivity contribution in [1.82, 2.24) is 29.7 Å². The van der Waals surface area contributed by atoms with E-state index in [0.717, 1.165) is 5.56 Å². The van der Waals surface area contributed by atoms with Crippen LogP contribution in [0.1, 0.15) is 0 Å². The number of benzene rings is 1. The number of anilines is 1. The molecule has 130 valence electrons. The third-order valence-corrected chi connectivity index (χ3v) is 3.87. The molecule has 2 N–H and O–H groups in total. The van der Waals surface area contributed by atoms with Gasteiger partial charge in [-0.05, 0) is 18.2 Å². The van der Waals surface area contributed by atoms with E-state index in [1.165, 1.54) is 11.0 Å². The molecule has 26 heavy (non-hydrogen) atoms. The minimum absolute atomic E-state index is 0.207. The second-order valence-electron chi connectivity index (χ2n) is 5.37. The van der Waals surface area contributed by atoms with Crippen molar-refractivity contribution in [1.29, 1.82) is 0 Å². The zero-order valence-corrected chi connectivity index (χ0v) is 14.1. The van der Waals surface area contributed by atoms with Crippen LogP contribution in [-0.4, -0.2) is 43.9 Å². The van der Waals surface area contributed by atoms with E-state index >= 15 is 0 Å². The van der Waals surface area contributed by atoms with Crippen LogP contribution in [0.25, 0.3) is 28.1 Å². The number of rotatable bonds is 4. The lowest BCUT2D eigenvalue weighted by Gasteiger charge is -2.11. The van der Waals surface area contributed by atoms with E-state index in [-0.39, 0.29) is 5.95 Å². The molecular weight excluding hydrogens is 334 g/mol. The van der Waals surface area contributed by atoms with Gasteiger partial charge in [-0.3, -0.25) is 4.98 Å². The van der Waals surface area contributed by atoms with E-state index < -0.39 is 0 Å². The number of nitrogens with two attached hydrogens (primary N) is 1. The Kier molecular flexibility index (Phi) is 3.81. The lowest BCUT2D eigenvalue weighted by atomic mass is 10.2. The van der Waals surface area contributed by atoms with E-state index in [0.29, 0.717) is 34.0 Å². The van der Waals surface area contributed by atoms with Gasteiger partial charge in [-0.25, -0.2) is 9.97 Å². The van der Waals surface area contributed by atoms with Gasteiger partial charge in [0.15, 0.2) is 23.1 Å². The Balaban J connectivity index is 1.91. The highest BCUT2D eigenvalue weighted by Gasteiger charge is 2.17. The third kappa shape index (κ3) is 2.55. The van der Waals surface area contributed by atoms with Crippen molar-refractivity contribution in [2.24, 2.45) is 0 Å². The summed E-state index contributed by atoms with van der Waals surface area (Å²) in [6, 6.07) is 7.23. The Morgan fingerprint density at radius 1 is 1.08 bits per heavy atom. The van der Waals surface area contributed by atoms with Crippen LogP contribution >= 0.6 is 0 Å². The molecule has 4 rings (SSSR count). The summed E-state index contributed by atoms with van der Waals surface area (Å²) in [5, 5.41) is 5.18. The van der Waals surface area contributed by atoms with Crippen LogP contribution < -0.4 is 15.2 Å². The van der Waals surface area contributed by atoms with Gasteiger partial charge in [0.1, 0.15) is 6.33 Å². The molecule has 0 spiro atoms. The molecule has 0 atom stereocenters. The normalized spacial score (nSPS) is 10.8. The molecule has 0 radical (unpaired) electrons. The van der Waals surface area contributed by atoms with Gasteiger partial charge in [0.25, 0.3) is 0 Å². The number of ether oxygens (including phenoxy) is 2. The molecule has 4 aromatic rings. The number of hydrogen-bond acceptors (Lipinski definition) is 8. The number of methoxy groups -OCH3 is 2. The SMILES string of the molecule is COc1cc2ncnc(-n3nc(-c4cccnc4)nc3N)c2cc1OC. The summed E-state index contributed by atoms with van der Waals surface area (Å²) >= 11 is 0. The Morgan fingerprint density at radius 2 is 1.88 bits per heavy atom. The molecular formula is C17H15N7O2. The fraction of sp³-hybridized carbons (Fsp3) is 0.118. The number of nitrogen functional groups attached to an aromatic ring is 1. The van der Waals surface area contributed by atoms with Crippen LogP contribution in [0.15, 0.2) is 43.0 Å². The van der Waals surface area contributed by atoms with E-state index in [4.69, 9.17) is 15.2 Å². The van der Waals surface area contributed by atoms with Gasteiger partial charge >= 0.3 is 0 Å². The highest BCUT2D eigenvalue weighted by molar-refractivity contribution is 5.88. The summed E-state index contributed by atoms with van der Waals surface area (Å²) < 4.78 is 12.2. The van der Waals surface area contributed by atoms with Gasteiger partial charge < -0.3 is 15.2 Å². The molecule has 9 nitrogen and oxygen atoms in total. The van der Waals surface area contributed by atoms with Crippen molar-refractivity contribution < 1.29 is 9.47 Å². The second kappa shape index (κ2) is 6.28. The molecule has 3 aromatic heterocycles. The summed E-state index contributed by atoms with van der Waals surface area (Å²) in [6.07, 6.45) is 4.79. The molecule has 0 aliphatic carbocycles. The van der Waals surface area contributed by atoms with Crippen molar-refractivity contribution in [2.75, 3.05) is 20.0 Å². The maximum absolute atomic E-state index is 6.08. The van der Waals surface area contributed by atoms with Gasteiger partial charge in [0, 0.05) is 29.4 Å². The van der Waals surface area contributed by atoms with Crippen molar-refractivity contribution >= 4 is 16.9 Å². The van der Waals surface area contributed by atoms with Crippen molar-refractivity contribution in [2.45, 2.75) is 0 Å². The number of aromatic nitrogens is 6. The summed E-state index contributed by atoms with van der Waals surface area (Å²) in [7, 11) is 3.14. The summed E-state index contributed by atoms with van der Waals surface area (Å²) in [6.45, 7) is 0. The van der Waals surface area contributed by atoms with Crippen LogP contribution in [0.3, 0.4) is 0 Å². The maximum atomic E-state index is 6.08. The predicted octanol–water partition coefficient (Wildman–Crippen LogP) is 1.87. The zero-order valence-electron chi connectivity index (χ0n) is 14.1. The van der Waals surface area contributed by atoms with Gasteiger partial charge in [0.2, 0.25) is 5.95 Å². The van der Waals surface area contributed by atoms with Crippen LogP contribution in [-0.2, 0) is 0 Å². The zero-order chi connectivity index (χ0) is 18.1. The minimum atomic E-state index is 0.207. The van der Waals surface area contributed by atoms with Crippen LogP contribution in [0.4, 0.5) is 5.95 Å². The molecule has 9 heteroatoms. The highest BCUT2D eigenvalue weighted by atomic mass is 16.5. The van der Waals surface area contributed by atoms with Gasteiger partial charge in [-0.1, -0.05) is 0 Å². The fourth-order valence-corrected chi connectivity index (χ4v) is 2.64. The molecule has 0 bridgehead atoms. The number of fused-ring (bicyclic) bond motifs is 1. The smallest absolute Gasteiger partial charge is 0.225 e. The Hall–Kier alpha value is -3.75. The van der Waals surface area contributed by atoms with Crippen LogP contribution in [0, 0.1) is 0 Å². The summed E-state index contributed by atoms with van der Waals surface area (Å²) in [4.78, 5) is 17.0. The quantitative estimate of drug-likeness (QED) is 0.594. The molecule has 0 aliphatic heterocycles. The predicted molar refractivity (Wildman–Crippen MR) is 95.2 cm³/mol. The Bertz CT molecular complexity index is 1080. The molecule has 0 saturated carbocycles. The molecule has 0 fully saturated rings.